The zero-order valence-corrected chi connectivity index (χ0v) is 14.8. The molecule has 3 aliphatic rings. The molecular formula is C15H23N5O4S. The molecule has 0 radical (unpaired) electrons. The summed E-state index contributed by atoms with van der Waals surface area (Å²) in [5.41, 5.74) is 5.37. The predicted molar refractivity (Wildman–Crippen MR) is 87.8 cm³/mol. The molecule has 9 nitrogen and oxygen atoms in total. The molecule has 25 heavy (non-hydrogen) atoms. The summed E-state index contributed by atoms with van der Waals surface area (Å²) in [6.07, 6.45) is 2.50. The largest absolute Gasteiger partial charge is 0.368 e. The highest BCUT2D eigenvalue weighted by Gasteiger charge is 2.43. The smallest absolute Gasteiger partial charge is 0.282 e. The highest BCUT2D eigenvalue weighted by atomic mass is 32.2. The third kappa shape index (κ3) is 3.36. The molecule has 0 saturated carbocycles. The summed E-state index contributed by atoms with van der Waals surface area (Å²) in [6, 6.07) is 1.48. The maximum Gasteiger partial charge on any atom is 0.282 e. The van der Waals surface area contributed by atoms with Crippen LogP contribution in [0, 0.1) is 23.2 Å². The van der Waals surface area contributed by atoms with Gasteiger partial charge >= 0.3 is 0 Å². The molecule has 3 rings (SSSR count). The van der Waals surface area contributed by atoms with Gasteiger partial charge in [-0.15, -0.1) is 0 Å². The van der Waals surface area contributed by atoms with Crippen molar-refractivity contribution in [1.82, 2.24) is 13.5 Å². The molecule has 3 fully saturated rings. The van der Waals surface area contributed by atoms with E-state index < -0.39 is 28.1 Å². The molecule has 0 bridgehead atoms. The maximum atomic E-state index is 12.8. The summed E-state index contributed by atoms with van der Waals surface area (Å²) < 4.78 is 27.9. The van der Waals surface area contributed by atoms with Crippen molar-refractivity contribution in [3.63, 3.8) is 0 Å². The first-order valence-electron chi connectivity index (χ1n) is 8.59. The monoisotopic (exact) mass is 369 g/mol. The van der Waals surface area contributed by atoms with E-state index in [4.69, 9.17) is 11.0 Å². The van der Waals surface area contributed by atoms with E-state index in [2.05, 4.69) is 6.07 Å². The van der Waals surface area contributed by atoms with Crippen LogP contribution in [0.15, 0.2) is 0 Å². The Labute approximate surface area is 147 Å². The lowest BCUT2D eigenvalue weighted by atomic mass is 9.97. The molecule has 3 heterocycles. The molecule has 3 saturated heterocycles. The van der Waals surface area contributed by atoms with Crippen LogP contribution < -0.4 is 5.73 Å². The number of likely N-dealkylation sites (tertiary alicyclic amines) is 1. The number of nitriles is 1. The highest BCUT2D eigenvalue weighted by molar-refractivity contribution is 7.86. The minimum atomic E-state index is -3.63. The Balaban J connectivity index is 1.66. The zero-order chi connectivity index (χ0) is 18.2. The van der Waals surface area contributed by atoms with Crippen LogP contribution in [0.3, 0.4) is 0 Å². The number of piperidine rings is 1. The Hall–Kier alpha value is -1.70. The standard InChI is InChI=1S/C15H23N5O4S/c16-7-11-8-19(9-11)25(23,24)18-5-1-3-12(10-18)15(22)20-6-2-4-13(20)14(17)21/h11-13H,1-6,8-10H2,(H2,17,21)/t12-,13+/m0/s1. The van der Waals surface area contributed by atoms with Crippen LogP contribution in [0.2, 0.25) is 0 Å². The number of hydrogen-bond acceptors (Lipinski definition) is 5. The Morgan fingerprint density at radius 3 is 2.36 bits per heavy atom. The van der Waals surface area contributed by atoms with Crippen molar-refractivity contribution in [3.05, 3.63) is 0 Å². The van der Waals surface area contributed by atoms with Gasteiger partial charge in [-0.2, -0.15) is 22.3 Å². The topological polar surface area (TPSA) is 128 Å². The molecular weight excluding hydrogens is 346 g/mol. The minimum Gasteiger partial charge on any atom is -0.368 e. The van der Waals surface area contributed by atoms with Gasteiger partial charge in [-0.3, -0.25) is 9.59 Å². The van der Waals surface area contributed by atoms with Crippen LogP contribution in [0.5, 0.6) is 0 Å². The molecule has 0 spiro atoms. The lowest BCUT2D eigenvalue weighted by Crippen LogP contribution is -2.57. The number of amides is 2. The number of carbonyl (C=O) groups is 2. The Kier molecular flexibility index (Phi) is 4.99. The predicted octanol–water partition coefficient (Wildman–Crippen LogP) is -1.13. The quantitative estimate of drug-likeness (QED) is 0.671. The Morgan fingerprint density at radius 1 is 1.04 bits per heavy atom. The number of nitrogens with zero attached hydrogens (tertiary/aromatic N) is 4. The van der Waals surface area contributed by atoms with E-state index in [1.54, 1.807) is 0 Å². The highest BCUT2D eigenvalue weighted by Crippen LogP contribution is 2.28. The molecule has 138 valence electrons. The Morgan fingerprint density at radius 2 is 1.72 bits per heavy atom. The first-order valence-corrected chi connectivity index (χ1v) is 9.99. The van der Waals surface area contributed by atoms with Crippen LogP contribution in [0.4, 0.5) is 0 Å². The van der Waals surface area contributed by atoms with Crippen molar-refractivity contribution in [2.45, 2.75) is 31.7 Å². The summed E-state index contributed by atoms with van der Waals surface area (Å²) >= 11 is 0. The molecule has 0 aliphatic carbocycles. The SMILES string of the molecule is N#CC1CN(S(=O)(=O)N2CCC[C@H](C(=O)N3CCC[C@@H]3C(N)=O)C2)C1. The fourth-order valence-corrected chi connectivity index (χ4v) is 5.58. The molecule has 0 unspecified atom stereocenters. The van der Waals surface area contributed by atoms with Crippen LogP contribution in [-0.2, 0) is 19.8 Å². The van der Waals surface area contributed by atoms with Crippen molar-refractivity contribution < 1.29 is 18.0 Å². The van der Waals surface area contributed by atoms with Crippen molar-refractivity contribution >= 4 is 22.0 Å². The molecule has 0 aromatic heterocycles. The number of primary amides is 1. The average molecular weight is 369 g/mol. The molecule has 2 amide bonds. The number of hydrogen-bond donors (Lipinski definition) is 1. The molecule has 0 aromatic rings. The lowest BCUT2D eigenvalue weighted by Gasteiger charge is -2.41. The van der Waals surface area contributed by atoms with E-state index in [-0.39, 0.29) is 31.5 Å². The first-order chi connectivity index (χ1) is 11.8. The van der Waals surface area contributed by atoms with Crippen LogP contribution in [0.25, 0.3) is 0 Å². The van der Waals surface area contributed by atoms with Crippen LogP contribution in [-0.4, -0.2) is 72.5 Å². The third-order valence-electron chi connectivity index (χ3n) is 5.28. The van der Waals surface area contributed by atoms with Gasteiger partial charge in [0.25, 0.3) is 10.2 Å². The van der Waals surface area contributed by atoms with Crippen molar-refractivity contribution in [3.8, 4) is 6.07 Å². The fourth-order valence-electron chi connectivity index (χ4n) is 3.79. The van der Waals surface area contributed by atoms with E-state index in [0.29, 0.717) is 32.4 Å². The Bertz CT molecular complexity index is 697. The molecule has 0 aromatic carbocycles. The number of carbonyl (C=O) groups excluding carboxylic acids is 2. The summed E-state index contributed by atoms with van der Waals surface area (Å²) in [6.45, 7) is 1.41. The van der Waals surface area contributed by atoms with Gasteiger partial charge in [-0.25, -0.2) is 0 Å². The zero-order valence-electron chi connectivity index (χ0n) is 14.0. The van der Waals surface area contributed by atoms with Gasteiger partial charge in [0.05, 0.1) is 17.9 Å². The van der Waals surface area contributed by atoms with E-state index >= 15 is 0 Å². The number of rotatable bonds is 4. The average Bonchev–Trinajstić information content (AvgIpc) is 3.03. The normalized spacial score (nSPS) is 29.2. The molecule has 2 atom stereocenters. The summed E-state index contributed by atoms with van der Waals surface area (Å²) in [4.78, 5) is 25.8. The van der Waals surface area contributed by atoms with Gasteiger partial charge in [0.1, 0.15) is 6.04 Å². The van der Waals surface area contributed by atoms with E-state index in [0.717, 1.165) is 6.42 Å². The van der Waals surface area contributed by atoms with E-state index in [1.165, 1.54) is 13.5 Å². The summed E-state index contributed by atoms with van der Waals surface area (Å²) in [5, 5.41) is 8.81. The van der Waals surface area contributed by atoms with Gasteiger partial charge in [-0.05, 0) is 25.7 Å². The van der Waals surface area contributed by atoms with Gasteiger partial charge in [0, 0.05) is 32.7 Å². The van der Waals surface area contributed by atoms with E-state index in [1.807, 2.05) is 0 Å². The van der Waals surface area contributed by atoms with Crippen molar-refractivity contribution in [1.29, 1.82) is 5.26 Å². The fraction of sp³-hybridized carbons (Fsp3) is 0.800. The van der Waals surface area contributed by atoms with Crippen LogP contribution in [0.1, 0.15) is 25.7 Å². The number of nitrogens with two attached hydrogens (primary N) is 1. The minimum absolute atomic E-state index is 0.122. The first kappa shape index (κ1) is 18.1. The van der Waals surface area contributed by atoms with Gasteiger partial charge in [0.2, 0.25) is 11.8 Å². The molecule has 2 N–H and O–H groups in total. The van der Waals surface area contributed by atoms with Gasteiger partial charge < -0.3 is 10.6 Å². The second-order valence-electron chi connectivity index (χ2n) is 6.94. The van der Waals surface area contributed by atoms with Gasteiger partial charge in [-0.1, -0.05) is 0 Å². The lowest BCUT2D eigenvalue weighted by molar-refractivity contribution is -0.141. The maximum absolute atomic E-state index is 12.8. The van der Waals surface area contributed by atoms with Crippen molar-refractivity contribution in [2.24, 2.45) is 17.6 Å². The van der Waals surface area contributed by atoms with Crippen molar-refractivity contribution in [2.75, 3.05) is 32.7 Å². The molecule has 3 aliphatic heterocycles. The second-order valence-corrected chi connectivity index (χ2v) is 8.87. The summed E-state index contributed by atoms with van der Waals surface area (Å²) in [5.74, 6) is -1.39. The third-order valence-corrected chi connectivity index (χ3v) is 7.22. The van der Waals surface area contributed by atoms with E-state index in [9.17, 15) is 18.0 Å². The second kappa shape index (κ2) is 6.90. The van der Waals surface area contributed by atoms with Crippen LogP contribution >= 0.6 is 0 Å². The van der Waals surface area contributed by atoms with Gasteiger partial charge in [0.15, 0.2) is 0 Å². The molecule has 10 heteroatoms. The summed E-state index contributed by atoms with van der Waals surface area (Å²) in [7, 11) is -3.63.